The molecule has 0 radical (unpaired) electrons. The standard InChI is InChI=1S/C70H62BN2O/c1-46-36-60(72(58-24-15-8-16-25-58)59-33-31-56(32-34-59)70-43-47-37-54(44-70)55(38-47)45-70)42-63-61-26-17-27-65-67(61)73(68(74-65)50-22-13-7-14-23-50)71(66(46)63)64-35-29-51(48-18-9-5-10-19-48)39-53(64)40-52-28-30-57(69(2,3)4)41-62(52)49-20-11-6-12-21-49/h5-36,39,41-42,47,54-55H,37-38,40,43-45H2,1-4H3/q+1. The summed E-state index contributed by atoms with van der Waals surface area (Å²) in [5.41, 5.74) is 23.6. The van der Waals surface area contributed by atoms with Crippen LogP contribution < -0.4 is 20.3 Å². The van der Waals surface area contributed by atoms with Crippen molar-refractivity contribution in [2.45, 2.75) is 77.0 Å². The molecule has 4 aliphatic carbocycles. The van der Waals surface area contributed by atoms with Crippen molar-refractivity contribution < 1.29 is 8.90 Å². The highest BCUT2D eigenvalue weighted by atomic mass is 16.4. The van der Waals surface area contributed by atoms with Gasteiger partial charge >= 0.3 is 12.7 Å². The summed E-state index contributed by atoms with van der Waals surface area (Å²) in [6.07, 6.45) is 7.80. The molecule has 10 aromatic rings. The lowest BCUT2D eigenvalue weighted by Crippen LogP contribution is -2.69. The minimum atomic E-state index is -0.208. The first kappa shape index (κ1) is 45.0. The van der Waals surface area contributed by atoms with Crippen LogP contribution in [0.15, 0.2) is 217 Å². The Bertz CT molecular complexity index is 3720. The van der Waals surface area contributed by atoms with Crippen molar-refractivity contribution in [1.29, 1.82) is 0 Å². The second-order valence-corrected chi connectivity index (χ2v) is 23.3. The van der Waals surface area contributed by atoms with Crippen molar-refractivity contribution in [3.8, 4) is 44.8 Å². The van der Waals surface area contributed by atoms with Gasteiger partial charge in [0.05, 0.1) is 11.1 Å². The van der Waals surface area contributed by atoms with Gasteiger partial charge in [-0.15, -0.1) is 0 Å². The van der Waals surface area contributed by atoms with Crippen molar-refractivity contribution >= 4 is 45.9 Å². The number of anilines is 3. The Balaban J connectivity index is 0.981. The van der Waals surface area contributed by atoms with Gasteiger partial charge in [-0.05, 0) is 190 Å². The minimum Gasteiger partial charge on any atom is -0.399 e. The summed E-state index contributed by atoms with van der Waals surface area (Å²) in [5.74, 6) is 3.65. The first-order valence-corrected chi connectivity index (χ1v) is 27.2. The molecule has 0 saturated heterocycles. The van der Waals surface area contributed by atoms with E-state index in [0.717, 1.165) is 58.1 Å². The molecule has 2 unspecified atom stereocenters. The Morgan fingerprint density at radius 2 is 1.19 bits per heavy atom. The van der Waals surface area contributed by atoms with Crippen LogP contribution in [0, 0.1) is 24.7 Å². The van der Waals surface area contributed by atoms with Gasteiger partial charge in [-0.3, -0.25) is 0 Å². The van der Waals surface area contributed by atoms with Gasteiger partial charge in [0.25, 0.3) is 0 Å². The topological polar surface area (TPSA) is 20.3 Å². The number of aromatic nitrogens is 1. The van der Waals surface area contributed by atoms with E-state index < -0.39 is 0 Å². The van der Waals surface area contributed by atoms with Crippen LogP contribution >= 0.6 is 0 Å². The van der Waals surface area contributed by atoms with Crippen molar-refractivity contribution in [2.24, 2.45) is 17.8 Å². The Morgan fingerprint density at radius 1 is 0.541 bits per heavy atom. The van der Waals surface area contributed by atoms with Crippen LogP contribution in [0.1, 0.15) is 80.7 Å². The molecular weight excluding hydrogens is 896 g/mol. The zero-order valence-corrected chi connectivity index (χ0v) is 43.1. The number of nitrogens with zero attached hydrogens (tertiary/aromatic N) is 2. The van der Waals surface area contributed by atoms with Crippen LogP contribution in [0.5, 0.6) is 0 Å². The van der Waals surface area contributed by atoms with Crippen LogP contribution in [-0.2, 0) is 17.3 Å². The number of hydrogen-bond acceptors (Lipinski definition) is 2. The Labute approximate surface area is 437 Å². The van der Waals surface area contributed by atoms with Gasteiger partial charge in [-0.2, -0.15) is 0 Å². The van der Waals surface area contributed by atoms with E-state index in [-0.39, 0.29) is 12.3 Å². The lowest BCUT2D eigenvalue weighted by Gasteiger charge is -2.39. The van der Waals surface area contributed by atoms with Crippen LogP contribution in [0.4, 0.5) is 17.1 Å². The molecule has 4 fully saturated rings. The summed E-state index contributed by atoms with van der Waals surface area (Å²) < 4.78 is 9.69. The van der Waals surface area contributed by atoms with Crippen molar-refractivity contribution in [1.82, 2.24) is 0 Å². The summed E-state index contributed by atoms with van der Waals surface area (Å²) in [5, 5.41) is 0. The fraction of sp³-hybridized carbons (Fsp3) is 0.214. The predicted molar refractivity (Wildman–Crippen MR) is 308 cm³/mol. The van der Waals surface area contributed by atoms with Gasteiger partial charge in [0, 0.05) is 28.0 Å². The van der Waals surface area contributed by atoms with Crippen molar-refractivity contribution in [2.75, 3.05) is 4.90 Å². The third-order valence-electron chi connectivity index (χ3n) is 17.8. The molecule has 74 heavy (non-hydrogen) atoms. The van der Waals surface area contributed by atoms with E-state index >= 15 is 0 Å². The molecule has 9 aromatic carbocycles. The monoisotopic (exact) mass is 957 g/mol. The van der Waals surface area contributed by atoms with Crippen LogP contribution in [-0.4, -0.2) is 6.85 Å². The Morgan fingerprint density at radius 3 is 1.86 bits per heavy atom. The van der Waals surface area contributed by atoms with E-state index in [4.69, 9.17) is 4.42 Å². The van der Waals surface area contributed by atoms with E-state index in [1.165, 1.54) is 104 Å². The van der Waals surface area contributed by atoms with Crippen LogP contribution in [0.3, 0.4) is 0 Å². The molecule has 5 aliphatic rings. The Hall–Kier alpha value is -7.69. The molecule has 3 nitrogen and oxygen atoms in total. The third-order valence-corrected chi connectivity index (χ3v) is 17.8. The molecule has 2 heterocycles. The first-order valence-electron chi connectivity index (χ1n) is 27.2. The molecule has 0 spiro atoms. The number of benzene rings is 9. The molecule has 1 aliphatic heterocycles. The van der Waals surface area contributed by atoms with Gasteiger partial charge in [0.2, 0.25) is 11.1 Å². The maximum Gasteiger partial charge on any atom is 0.563 e. The average Bonchev–Trinajstić information content (AvgIpc) is 4.04. The van der Waals surface area contributed by atoms with Gasteiger partial charge < -0.3 is 9.32 Å². The predicted octanol–water partition coefficient (Wildman–Crippen LogP) is 16.1. The summed E-state index contributed by atoms with van der Waals surface area (Å²) in [7, 11) is 0. The maximum atomic E-state index is 7.15. The summed E-state index contributed by atoms with van der Waals surface area (Å²) >= 11 is 0. The zero-order valence-electron chi connectivity index (χ0n) is 43.1. The van der Waals surface area contributed by atoms with Crippen molar-refractivity contribution in [3.05, 3.63) is 240 Å². The normalized spacial score (nSPS) is 19.3. The Kier molecular flexibility index (Phi) is 10.6. The van der Waals surface area contributed by atoms with Gasteiger partial charge in [0.15, 0.2) is 0 Å². The number of aryl methyl sites for hydroxylation is 1. The molecule has 4 bridgehead atoms. The molecule has 15 rings (SSSR count). The van der Waals surface area contributed by atoms with Crippen LogP contribution in [0.2, 0.25) is 0 Å². The largest absolute Gasteiger partial charge is 0.563 e. The van der Waals surface area contributed by atoms with E-state index in [1.54, 1.807) is 5.56 Å². The first-order chi connectivity index (χ1) is 36.2. The second kappa shape index (κ2) is 17.5. The van der Waals surface area contributed by atoms with Gasteiger partial charge in [0.1, 0.15) is 0 Å². The minimum absolute atomic E-state index is 0.00129. The molecule has 4 saturated carbocycles. The molecule has 0 amide bonds. The highest BCUT2D eigenvalue weighted by Crippen LogP contribution is 2.65. The quantitative estimate of drug-likeness (QED) is 0.127. The number of oxazole rings is 1. The molecule has 4 heteroatoms. The van der Waals surface area contributed by atoms with Crippen LogP contribution in [0.25, 0.3) is 55.9 Å². The maximum absolute atomic E-state index is 7.15. The molecule has 0 N–H and O–H groups in total. The molecule has 2 atom stereocenters. The molecule has 360 valence electrons. The van der Waals surface area contributed by atoms with Gasteiger partial charge in [-0.25, -0.2) is 4.48 Å². The van der Waals surface area contributed by atoms with E-state index in [9.17, 15) is 0 Å². The zero-order chi connectivity index (χ0) is 49.7. The SMILES string of the molecule is Cc1cc(N(c2ccccc2)c2ccc(C34CC5CC(C3)C(C5)C4)cc2)cc2c1B(c1ccc(-c3ccccc3)cc1Cc1ccc(C(C)(C)C)cc1-c1ccccc1)[n+]1c(-c3ccccc3)oc3cccc-2c31. The molecular formula is C70H62BN2O+. The summed E-state index contributed by atoms with van der Waals surface area (Å²) in [4.78, 5) is 2.49. The van der Waals surface area contributed by atoms with E-state index in [1.807, 2.05) is 0 Å². The fourth-order valence-electron chi connectivity index (χ4n) is 14.5. The molecule has 1 aromatic heterocycles. The fourth-order valence-corrected chi connectivity index (χ4v) is 14.5. The second-order valence-electron chi connectivity index (χ2n) is 23.3. The van der Waals surface area contributed by atoms with Crippen molar-refractivity contribution in [3.63, 3.8) is 0 Å². The summed E-state index contributed by atoms with van der Waals surface area (Å²) in [6.45, 7) is 9.08. The highest BCUT2D eigenvalue weighted by molar-refractivity contribution is 6.81. The van der Waals surface area contributed by atoms with Gasteiger partial charge in [-0.1, -0.05) is 172 Å². The smallest absolute Gasteiger partial charge is 0.399 e. The number of hydrogen-bond donors (Lipinski definition) is 0. The lowest BCUT2D eigenvalue weighted by molar-refractivity contribution is -0.495. The third kappa shape index (κ3) is 7.51. The highest BCUT2D eigenvalue weighted by Gasteiger charge is 2.56. The number of rotatable bonds is 10. The average molecular weight is 958 g/mol. The van der Waals surface area contributed by atoms with E-state index in [0.29, 0.717) is 5.41 Å². The number of fused-ring (bicyclic) bond motifs is 2. The lowest BCUT2D eigenvalue weighted by atomic mass is 9.45. The number of para-hydroxylation sites is 2. The summed E-state index contributed by atoms with van der Waals surface area (Å²) in [6, 6.07) is 79.4. The van der Waals surface area contributed by atoms with E-state index in [2.05, 4.69) is 249 Å².